The van der Waals surface area contributed by atoms with Gasteiger partial charge in [0.1, 0.15) is 0 Å². The van der Waals surface area contributed by atoms with Gasteiger partial charge in [-0.1, -0.05) is 21.6 Å². The molecule has 0 aliphatic carbocycles. The number of nitrogens with zero attached hydrogens (tertiary/aromatic N) is 2. The molecule has 0 bridgehead atoms. The Morgan fingerprint density at radius 1 is 1.06 bits per heavy atom. The van der Waals surface area contributed by atoms with E-state index in [0.717, 1.165) is 18.8 Å². The van der Waals surface area contributed by atoms with Crippen LogP contribution in [0.3, 0.4) is 0 Å². The van der Waals surface area contributed by atoms with Crippen LogP contribution in [0.25, 0.3) is 0 Å². The summed E-state index contributed by atoms with van der Waals surface area (Å²) < 4.78 is 16.1. The molecular formula is C22H40N2O7S2. The summed E-state index contributed by atoms with van der Waals surface area (Å²) in [5.41, 5.74) is 0. The molecule has 1 saturated heterocycles. The molecule has 0 aromatic rings. The number of hydrogen-bond donors (Lipinski definition) is 0. The lowest BCUT2D eigenvalue weighted by atomic mass is 10.1. The Hall–Kier alpha value is -0.850. The van der Waals surface area contributed by atoms with Crippen molar-refractivity contribution in [2.45, 2.75) is 64.2 Å². The van der Waals surface area contributed by atoms with Crippen LogP contribution in [0.4, 0.5) is 0 Å². The molecule has 192 valence electrons. The predicted molar refractivity (Wildman–Crippen MR) is 131 cm³/mol. The van der Waals surface area contributed by atoms with Crippen molar-refractivity contribution >= 4 is 39.4 Å². The number of carbonyl (C=O) groups excluding carboxylic acids is 3. The molecule has 33 heavy (non-hydrogen) atoms. The molecule has 1 heterocycles. The topological polar surface area (TPSA) is 94.6 Å². The van der Waals surface area contributed by atoms with Gasteiger partial charge in [-0.3, -0.25) is 14.5 Å². The van der Waals surface area contributed by atoms with Crippen LogP contribution in [0.1, 0.15) is 53.4 Å². The van der Waals surface area contributed by atoms with E-state index in [1.807, 2.05) is 0 Å². The summed E-state index contributed by atoms with van der Waals surface area (Å²) in [5, 5.41) is 0.603. The highest BCUT2D eigenvalue weighted by Gasteiger charge is 2.32. The minimum absolute atomic E-state index is 0.0209. The first-order valence-electron chi connectivity index (χ1n) is 11.4. The molecule has 0 atom stereocenters. The van der Waals surface area contributed by atoms with Crippen molar-refractivity contribution in [2.24, 2.45) is 0 Å². The Balaban J connectivity index is 2.19. The molecule has 0 spiro atoms. The van der Waals surface area contributed by atoms with Crippen LogP contribution in [0.5, 0.6) is 0 Å². The van der Waals surface area contributed by atoms with Crippen molar-refractivity contribution in [3.63, 3.8) is 0 Å². The third-order valence-corrected chi connectivity index (χ3v) is 8.09. The first-order valence-corrected chi connectivity index (χ1v) is 13.7. The molecule has 1 fully saturated rings. The summed E-state index contributed by atoms with van der Waals surface area (Å²) in [6, 6.07) is 0.405. The maximum atomic E-state index is 11.9. The second-order valence-electron chi connectivity index (χ2n) is 8.60. The van der Waals surface area contributed by atoms with Gasteiger partial charge in [-0.05, 0) is 34.1 Å². The Morgan fingerprint density at radius 2 is 1.67 bits per heavy atom. The van der Waals surface area contributed by atoms with Crippen molar-refractivity contribution in [1.29, 1.82) is 0 Å². The fraction of sp³-hybridized carbons (Fsp3) is 0.864. The van der Waals surface area contributed by atoms with Crippen molar-refractivity contribution in [3.8, 4) is 0 Å². The number of carbonyl (C=O) groups is 3. The third kappa shape index (κ3) is 13.6. The lowest BCUT2D eigenvalue weighted by Gasteiger charge is -2.34. The van der Waals surface area contributed by atoms with Gasteiger partial charge in [0.25, 0.3) is 11.8 Å². The largest absolute Gasteiger partial charge is 0.382 e. The van der Waals surface area contributed by atoms with Crippen molar-refractivity contribution in [2.75, 3.05) is 59.0 Å². The van der Waals surface area contributed by atoms with Crippen LogP contribution in [0.15, 0.2) is 0 Å². The van der Waals surface area contributed by atoms with Crippen LogP contribution < -0.4 is 0 Å². The quantitative estimate of drug-likeness (QED) is 0.147. The Morgan fingerprint density at radius 3 is 2.27 bits per heavy atom. The van der Waals surface area contributed by atoms with Gasteiger partial charge in [-0.2, -0.15) is 0 Å². The molecule has 9 nitrogen and oxygen atoms in total. The number of ether oxygens (including phenoxy) is 3. The lowest BCUT2D eigenvalue weighted by molar-refractivity contribution is -0.197. The summed E-state index contributed by atoms with van der Waals surface area (Å²) in [5.74, 6) is -0.663. The molecule has 1 rings (SSSR count). The number of rotatable bonds is 19. The molecular weight excluding hydrogens is 468 g/mol. The molecule has 0 radical (unpaired) electrons. The predicted octanol–water partition coefficient (Wildman–Crippen LogP) is 2.92. The van der Waals surface area contributed by atoms with Crippen molar-refractivity contribution < 1.29 is 33.4 Å². The second kappa shape index (κ2) is 16.7. The van der Waals surface area contributed by atoms with Gasteiger partial charge in [0.2, 0.25) is 0 Å². The van der Waals surface area contributed by atoms with Gasteiger partial charge in [-0.15, -0.1) is 5.06 Å². The van der Waals surface area contributed by atoms with Crippen LogP contribution >= 0.6 is 21.6 Å². The normalized spacial score (nSPS) is 14.7. The van der Waals surface area contributed by atoms with E-state index < -0.39 is 17.8 Å². The fourth-order valence-corrected chi connectivity index (χ4v) is 5.57. The highest BCUT2D eigenvalue weighted by molar-refractivity contribution is 8.77. The van der Waals surface area contributed by atoms with Gasteiger partial charge in [0.05, 0.1) is 33.0 Å². The maximum Gasteiger partial charge on any atom is 0.333 e. The van der Waals surface area contributed by atoms with Crippen LogP contribution in [-0.2, 0) is 33.4 Å². The van der Waals surface area contributed by atoms with Crippen LogP contribution in [0, 0.1) is 0 Å². The zero-order chi connectivity index (χ0) is 24.7. The molecule has 1 aliphatic rings. The maximum absolute atomic E-state index is 11.9. The molecule has 0 unspecified atom stereocenters. The smallest absolute Gasteiger partial charge is 0.333 e. The summed E-state index contributed by atoms with van der Waals surface area (Å²) in [4.78, 5) is 42.1. The minimum atomic E-state index is -0.543. The van der Waals surface area contributed by atoms with E-state index >= 15 is 0 Å². The third-order valence-electron chi connectivity index (χ3n) is 4.73. The molecule has 2 amide bonds. The Bertz CT molecular complexity index is 589. The first kappa shape index (κ1) is 30.2. The van der Waals surface area contributed by atoms with E-state index in [2.05, 4.69) is 32.6 Å². The first-order chi connectivity index (χ1) is 15.7. The summed E-state index contributed by atoms with van der Waals surface area (Å²) in [7, 11) is 5.17. The summed E-state index contributed by atoms with van der Waals surface area (Å²) in [6.07, 6.45) is 1.01. The second-order valence-corrected chi connectivity index (χ2v) is 11.7. The fourth-order valence-electron chi connectivity index (χ4n) is 2.96. The van der Waals surface area contributed by atoms with E-state index in [0.29, 0.717) is 50.6 Å². The zero-order valence-electron chi connectivity index (χ0n) is 20.6. The highest BCUT2D eigenvalue weighted by atomic mass is 33.1. The van der Waals surface area contributed by atoms with Gasteiger partial charge in [-0.25, -0.2) is 4.79 Å². The number of hydroxylamine groups is 2. The summed E-state index contributed by atoms with van der Waals surface area (Å²) in [6.45, 7) is 13.5. The molecule has 0 saturated carbocycles. The van der Waals surface area contributed by atoms with Gasteiger partial charge in [0, 0.05) is 56.0 Å². The van der Waals surface area contributed by atoms with Crippen LogP contribution in [-0.4, -0.2) is 97.5 Å². The standard InChI is InChI=1S/C22H40N2O7S2/c1-18(2)23(10-11-29-14-15-30-13-12-28-5)17-22(3,4)33-32-16-6-7-21(27)31-24-19(25)8-9-20(24)26/h18H,6-17H2,1-5H3. The van der Waals surface area contributed by atoms with Gasteiger partial charge >= 0.3 is 5.97 Å². The number of hydrogen-bond acceptors (Lipinski definition) is 10. The zero-order valence-corrected chi connectivity index (χ0v) is 22.3. The van der Waals surface area contributed by atoms with Gasteiger partial charge < -0.3 is 19.0 Å². The molecule has 11 heteroatoms. The molecule has 0 aromatic carbocycles. The Labute approximate surface area is 205 Å². The van der Waals surface area contributed by atoms with Crippen molar-refractivity contribution in [1.82, 2.24) is 9.96 Å². The van der Waals surface area contributed by atoms with Crippen LogP contribution in [0.2, 0.25) is 0 Å². The lowest BCUT2D eigenvalue weighted by Crippen LogP contribution is -2.42. The van der Waals surface area contributed by atoms with E-state index in [4.69, 9.17) is 19.0 Å². The van der Waals surface area contributed by atoms with Gasteiger partial charge in [0.15, 0.2) is 0 Å². The average Bonchev–Trinajstić information content (AvgIpc) is 3.06. The average molecular weight is 509 g/mol. The number of imide groups is 1. The molecule has 0 aromatic heterocycles. The number of amides is 2. The van der Waals surface area contributed by atoms with Crippen molar-refractivity contribution in [3.05, 3.63) is 0 Å². The van der Waals surface area contributed by atoms with E-state index in [9.17, 15) is 14.4 Å². The minimum Gasteiger partial charge on any atom is -0.382 e. The number of methoxy groups -OCH3 is 1. The highest BCUT2D eigenvalue weighted by Crippen LogP contribution is 2.37. The Kier molecular flexibility index (Phi) is 15.3. The molecule has 1 aliphatic heterocycles. The van der Waals surface area contributed by atoms with E-state index in [1.165, 1.54) is 0 Å². The van der Waals surface area contributed by atoms with E-state index in [1.54, 1.807) is 28.7 Å². The summed E-state index contributed by atoms with van der Waals surface area (Å²) >= 11 is 0. The monoisotopic (exact) mass is 508 g/mol. The molecule has 0 N–H and O–H groups in total. The van der Waals surface area contributed by atoms with E-state index in [-0.39, 0.29) is 24.0 Å². The SMILES string of the molecule is COCCOCCOCCN(CC(C)(C)SSCCCC(=O)ON1C(=O)CCC1=O)C(C)C.